The molecule has 0 spiro atoms. The second-order valence-corrected chi connectivity index (χ2v) is 3.85. The summed E-state index contributed by atoms with van der Waals surface area (Å²) in [6.45, 7) is 0.831. The zero-order chi connectivity index (χ0) is 14.1. The average Bonchev–Trinajstić information content (AvgIpc) is 2.45. The second kappa shape index (κ2) is 10.3. The van der Waals surface area contributed by atoms with Crippen LogP contribution in [0.1, 0.15) is 5.56 Å². The molecule has 6 heteroatoms. The van der Waals surface area contributed by atoms with Crippen LogP contribution in [0.2, 0.25) is 0 Å². The van der Waals surface area contributed by atoms with E-state index < -0.39 is 5.97 Å². The van der Waals surface area contributed by atoms with E-state index in [0.717, 1.165) is 11.3 Å². The molecule has 0 amide bonds. The Morgan fingerprint density at radius 2 is 1.85 bits per heavy atom. The first kappa shape index (κ1) is 18.4. The Morgan fingerprint density at radius 3 is 2.40 bits per heavy atom. The van der Waals surface area contributed by atoms with E-state index in [9.17, 15) is 4.79 Å². The summed E-state index contributed by atoms with van der Waals surface area (Å²) < 4.78 is 4.55. The molecule has 0 aliphatic carbocycles. The van der Waals surface area contributed by atoms with Gasteiger partial charge in [0.15, 0.2) is 0 Å². The normalized spacial score (nSPS) is 10.2. The number of methoxy groups -OCH3 is 1. The molecule has 1 rings (SSSR count). The zero-order valence-electron chi connectivity index (χ0n) is 11.4. The molecule has 2 N–H and O–H groups in total. The van der Waals surface area contributed by atoms with Gasteiger partial charge in [-0.1, -0.05) is 18.2 Å². The molecule has 0 saturated carbocycles. The van der Waals surface area contributed by atoms with Gasteiger partial charge in [-0.15, -0.1) is 12.4 Å². The summed E-state index contributed by atoms with van der Waals surface area (Å²) >= 11 is 0. The van der Waals surface area contributed by atoms with Crippen LogP contribution >= 0.6 is 12.4 Å². The number of hydrogen-bond acceptors (Lipinski definition) is 5. The smallest absolute Gasteiger partial charge is 0.330 e. The number of ether oxygens (including phenoxy) is 1. The van der Waals surface area contributed by atoms with E-state index in [4.69, 9.17) is 10.2 Å². The molecular weight excluding hydrogens is 282 g/mol. The second-order valence-electron chi connectivity index (χ2n) is 3.85. The van der Waals surface area contributed by atoms with E-state index >= 15 is 0 Å². The van der Waals surface area contributed by atoms with E-state index in [0.29, 0.717) is 13.1 Å². The van der Waals surface area contributed by atoms with Crippen LogP contribution in [0.15, 0.2) is 30.3 Å². The van der Waals surface area contributed by atoms with E-state index in [2.05, 4.69) is 4.74 Å². The zero-order valence-corrected chi connectivity index (χ0v) is 12.2. The first-order valence-corrected chi connectivity index (χ1v) is 6.04. The number of aliphatic hydroxyl groups is 2. The van der Waals surface area contributed by atoms with Crippen molar-refractivity contribution in [1.82, 2.24) is 0 Å². The van der Waals surface area contributed by atoms with Crippen molar-refractivity contribution in [1.29, 1.82) is 0 Å². The number of carbonyl (C=O) groups excluding carboxylic acids is 1. The number of anilines is 1. The predicted molar refractivity (Wildman–Crippen MR) is 81.1 cm³/mol. The largest absolute Gasteiger partial charge is 0.466 e. The van der Waals surface area contributed by atoms with Crippen LogP contribution in [-0.4, -0.2) is 49.6 Å². The fraction of sp³-hybridized carbons (Fsp3) is 0.357. The number of para-hydroxylation sites is 1. The molecule has 0 saturated heterocycles. The molecule has 0 aromatic heterocycles. The topological polar surface area (TPSA) is 70.0 Å². The molecule has 20 heavy (non-hydrogen) atoms. The Kier molecular flexibility index (Phi) is 9.45. The average molecular weight is 302 g/mol. The van der Waals surface area contributed by atoms with Crippen molar-refractivity contribution in [2.24, 2.45) is 0 Å². The van der Waals surface area contributed by atoms with Crippen LogP contribution in [0.25, 0.3) is 6.08 Å². The van der Waals surface area contributed by atoms with Crippen molar-refractivity contribution in [2.45, 2.75) is 0 Å². The van der Waals surface area contributed by atoms with Crippen LogP contribution in [0.4, 0.5) is 5.69 Å². The molecule has 0 aliphatic heterocycles. The maximum absolute atomic E-state index is 11.1. The summed E-state index contributed by atoms with van der Waals surface area (Å²) in [5.74, 6) is -0.425. The van der Waals surface area contributed by atoms with Crippen molar-refractivity contribution in [3.05, 3.63) is 35.9 Å². The molecule has 0 heterocycles. The lowest BCUT2D eigenvalue weighted by Gasteiger charge is -2.24. The fourth-order valence-electron chi connectivity index (χ4n) is 1.74. The van der Waals surface area contributed by atoms with Crippen molar-refractivity contribution < 1.29 is 19.7 Å². The Bertz CT molecular complexity index is 431. The number of halogens is 1. The maximum atomic E-state index is 11.1. The van der Waals surface area contributed by atoms with E-state index in [1.165, 1.54) is 13.2 Å². The summed E-state index contributed by atoms with van der Waals surface area (Å²) in [4.78, 5) is 13.0. The van der Waals surface area contributed by atoms with Gasteiger partial charge >= 0.3 is 5.97 Å². The standard InChI is InChI=1S/C14H19NO4.ClH/c1-19-14(18)7-6-12-4-2-3-5-13(12)15(8-10-16)9-11-17;/h2-7,16-17H,8-11H2,1H3;1H/b7-6-;. The molecule has 1 aromatic carbocycles. The fourth-order valence-corrected chi connectivity index (χ4v) is 1.74. The van der Waals surface area contributed by atoms with Gasteiger partial charge in [0.05, 0.1) is 20.3 Å². The third kappa shape index (κ3) is 5.61. The molecule has 112 valence electrons. The quantitative estimate of drug-likeness (QED) is 0.583. The van der Waals surface area contributed by atoms with Gasteiger partial charge in [0, 0.05) is 24.9 Å². The summed E-state index contributed by atoms with van der Waals surface area (Å²) in [5, 5.41) is 18.1. The van der Waals surface area contributed by atoms with Crippen molar-refractivity contribution in [3.63, 3.8) is 0 Å². The van der Waals surface area contributed by atoms with Gasteiger partial charge in [-0.25, -0.2) is 4.79 Å². The number of carbonyl (C=O) groups is 1. The Labute approximate surface area is 124 Å². The molecule has 0 bridgehead atoms. The number of rotatable bonds is 7. The highest BCUT2D eigenvalue weighted by molar-refractivity contribution is 5.88. The molecule has 1 aromatic rings. The molecular formula is C14H20ClNO4. The minimum absolute atomic E-state index is 0. The molecule has 0 atom stereocenters. The van der Waals surface area contributed by atoms with Crippen LogP contribution in [0.5, 0.6) is 0 Å². The minimum Gasteiger partial charge on any atom is -0.466 e. The van der Waals surface area contributed by atoms with Crippen molar-refractivity contribution in [2.75, 3.05) is 38.3 Å². The van der Waals surface area contributed by atoms with E-state index in [1.807, 2.05) is 29.2 Å². The summed E-state index contributed by atoms with van der Waals surface area (Å²) in [7, 11) is 1.32. The number of aliphatic hydroxyl groups excluding tert-OH is 2. The highest BCUT2D eigenvalue weighted by Crippen LogP contribution is 2.21. The van der Waals surface area contributed by atoms with Gasteiger partial charge in [0.2, 0.25) is 0 Å². The Balaban J connectivity index is 0.00000361. The summed E-state index contributed by atoms with van der Waals surface area (Å²) in [5.41, 5.74) is 1.68. The first-order valence-electron chi connectivity index (χ1n) is 6.04. The van der Waals surface area contributed by atoms with Crippen LogP contribution in [0, 0.1) is 0 Å². The molecule has 5 nitrogen and oxygen atoms in total. The molecule has 0 fully saturated rings. The van der Waals surface area contributed by atoms with Gasteiger partial charge in [0.25, 0.3) is 0 Å². The Hall–Kier alpha value is -1.56. The van der Waals surface area contributed by atoms with Gasteiger partial charge in [-0.2, -0.15) is 0 Å². The van der Waals surface area contributed by atoms with Crippen LogP contribution < -0.4 is 4.90 Å². The lowest BCUT2D eigenvalue weighted by molar-refractivity contribution is -0.134. The van der Waals surface area contributed by atoms with Crippen LogP contribution in [-0.2, 0) is 9.53 Å². The van der Waals surface area contributed by atoms with Gasteiger partial charge in [0.1, 0.15) is 0 Å². The SMILES string of the molecule is COC(=O)/C=C\c1ccccc1N(CCO)CCO.Cl. The number of benzene rings is 1. The number of nitrogens with zero attached hydrogens (tertiary/aromatic N) is 1. The van der Waals surface area contributed by atoms with Gasteiger partial charge in [-0.05, 0) is 17.7 Å². The summed E-state index contributed by atoms with van der Waals surface area (Å²) in [6, 6.07) is 7.46. The molecule has 0 aliphatic rings. The number of hydrogen-bond donors (Lipinski definition) is 2. The monoisotopic (exact) mass is 301 g/mol. The Morgan fingerprint density at radius 1 is 1.25 bits per heavy atom. The first-order chi connectivity index (χ1) is 9.22. The van der Waals surface area contributed by atoms with Gasteiger partial charge < -0.3 is 19.8 Å². The van der Waals surface area contributed by atoms with Crippen LogP contribution in [0.3, 0.4) is 0 Å². The predicted octanol–water partition coefficient (Wildman–Crippen LogP) is 1.09. The minimum atomic E-state index is -0.425. The lowest BCUT2D eigenvalue weighted by Crippen LogP contribution is -2.30. The third-order valence-electron chi connectivity index (χ3n) is 2.62. The van der Waals surface area contributed by atoms with Gasteiger partial charge in [-0.3, -0.25) is 0 Å². The lowest BCUT2D eigenvalue weighted by atomic mass is 10.1. The third-order valence-corrected chi connectivity index (χ3v) is 2.62. The maximum Gasteiger partial charge on any atom is 0.330 e. The van der Waals surface area contributed by atoms with E-state index in [-0.39, 0.29) is 25.6 Å². The molecule has 0 radical (unpaired) electrons. The number of esters is 1. The van der Waals surface area contributed by atoms with E-state index in [1.54, 1.807) is 6.08 Å². The highest BCUT2D eigenvalue weighted by Gasteiger charge is 2.08. The van der Waals surface area contributed by atoms with Crippen molar-refractivity contribution >= 4 is 30.1 Å². The van der Waals surface area contributed by atoms with Crippen molar-refractivity contribution in [3.8, 4) is 0 Å². The highest BCUT2D eigenvalue weighted by atomic mass is 35.5. The summed E-state index contributed by atoms with van der Waals surface area (Å²) in [6.07, 6.45) is 3.00. The molecule has 0 unspecified atom stereocenters.